The number of hydrogen-bond donors (Lipinski definition) is 0. The highest BCUT2D eigenvalue weighted by Crippen LogP contribution is 2.35. The molecule has 2 aromatic carbocycles. The van der Waals surface area contributed by atoms with Crippen molar-refractivity contribution in [2.75, 3.05) is 0 Å². The number of hydrogen-bond acceptors (Lipinski definition) is 1. The molecule has 0 N–H and O–H groups in total. The first kappa shape index (κ1) is 11.3. The molecule has 0 unspecified atom stereocenters. The molecule has 0 aliphatic carbocycles. The van der Waals surface area contributed by atoms with Gasteiger partial charge in [-0.1, -0.05) is 48.5 Å². The topological polar surface area (TPSA) is 0 Å². The fraction of sp³-hybridized carbons (Fsp3) is 0.200. The summed E-state index contributed by atoms with van der Waals surface area (Å²) >= 11 is 1.92. The molecule has 0 saturated heterocycles. The molecule has 0 spiro atoms. The molecule has 82 valence electrons. The molecule has 16 heavy (non-hydrogen) atoms. The Morgan fingerprint density at radius 2 is 1.50 bits per heavy atom. The van der Waals surface area contributed by atoms with Crippen LogP contribution in [0.25, 0.3) is 0 Å². The van der Waals surface area contributed by atoms with E-state index in [9.17, 15) is 0 Å². The van der Waals surface area contributed by atoms with Gasteiger partial charge < -0.3 is 0 Å². The van der Waals surface area contributed by atoms with Gasteiger partial charge in [0, 0.05) is 10.1 Å². The second-order valence-corrected chi connectivity index (χ2v) is 5.32. The molecule has 0 saturated carbocycles. The Balaban J connectivity index is 2.14. The summed E-state index contributed by atoms with van der Waals surface area (Å²) < 4.78 is 0. The van der Waals surface area contributed by atoms with Gasteiger partial charge in [0.25, 0.3) is 0 Å². The highest BCUT2D eigenvalue weighted by Gasteiger charge is 2.07. The maximum absolute atomic E-state index is 2.26. The minimum atomic E-state index is 0.502. The Labute approximate surface area is 102 Å². The van der Waals surface area contributed by atoms with Crippen molar-refractivity contribution in [1.82, 2.24) is 0 Å². The summed E-state index contributed by atoms with van der Waals surface area (Å²) in [5.41, 5.74) is 2.74. The first-order valence-electron chi connectivity index (χ1n) is 5.54. The summed E-state index contributed by atoms with van der Waals surface area (Å²) in [6, 6.07) is 19.2. The lowest BCUT2D eigenvalue weighted by molar-refractivity contribution is 1.09. The van der Waals surface area contributed by atoms with Gasteiger partial charge in [0.05, 0.1) is 0 Å². The van der Waals surface area contributed by atoms with E-state index in [0.717, 1.165) is 0 Å². The third-order valence-electron chi connectivity index (χ3n) is 2.67. The summed E-state index contributed by atoms with van der Waals surface area (Å²) in [5.74, 6) is 0. The van der Waals surface area contributed by atoms with Crippen LogP contribution >= 0.6 is 11.8 Å². The fourth-order valence-corrected chi connectivity index (χ4v) is 2.76. The summed E-state index contributed by atoms with van der Waals surface area (Å²) in [7, 11) is 0. The zero-order chi connectivity index (χ0) is 11.4. The zero-order valence-corrected chi connectivity index (χ0v) is 10.5. The van der Waals surface area contributed by atoms with E-state index in [4.69, 9.17) is 0 Å². The predicted octanol–water partition coefficient (Wildman–Crippen LogP) is 4.85. The van der Waals surface area contributed by atoms with E-state index in [2.05, 4.69) is 68.4 Å². The molecule has 0 heterocycles. The minimum absolute atomic E-state index is 0.502. The molecule has 0 bridgehead atoms. The van der Waals surface area contributed by atoms with Crippen LogP contribution in [0.15, 0.2) is 59.5 Å². The first-order valence-corrected chi connectivity index (χ1v) is 6.42. The van der Waals surface area contributed by atoms with Crippen LogP contribution in [0.2, 0.25) is 0 Å². The SMILES string of the molecule is Cc1ccccc1S[C@@H](C)c1ccccc1. The van der Waals surface area contributed by atoms with E-state index in [0.29, 0.717) is 5.25 Å². The second-order valence-electron chi connectivity index (χ2n) is 3.94. The average molecular weight is 228 g/mol. The van der Waals surface area contributed by atoms with Crippen molar-refractivity contribution in [2.45, 2.75) is 24.0 Å². The van der Waals surface area contributed by atoms with Gasteiger partial charge in [0.15, 0.2) is 0 Å². The molecule has 0 nitrogen and oxygen atoms in total. The normalized spacial score (nSPS) is 12.4. The molecule has 1 heteroatoms. The standard InChI is InChI=1S/C15H16S/c1-12-8-6-7-11-15(12)16-13(2)14-9-4-3-5-10-14/h3-11,13H,1-2H3/t13-/m0/s1. The van der Waals surface area contributed by atoms with Crippen LogP contribution in [0.1, 0.15) is 23.3 Å². The maximum Gasteiger partial charge on any atom is 0.0316 e. The van der Waals surface area contributed by atoms with Gasteiger partial charge in [-0.15, -0.1) is 11.8 Å². The van der Waals surface area contributed by atoms with Gasteiger partial charge in [-0.3, -0.25) is 0 Å². The Morgan fingerprint density at radius 3 is 2.19 bits per heavy atom. The van der Waals surface area contributed by atoms with E-state index in [-0.39, 0.29) is 0 Å². The molecular weight excluding hydrogens is 212 g/mol. The number of aryl methyl sites for hydroxylation is 1. The maximum atomic E-state index is 2.26. The van der Waals surface area contributed by atoms with Crippen molar-refractivity contribution in [3.8, 4) is 0 Å². The Kier molecular flexibility index (Phi) is 3.68. The number of benzene rings is 2. The Bertz CT molecular complexity index is 448. The Morgan fingerprint density at radius 1 is 0.875 bits per heavy atom. The lowest BCUT2D eigenvalue weighted by atomic mass is 10.2. The zero-order valence-electron chi connectivity index (χ0n) is 9.68. The van der Waals surface area contributed by atoms with Gasteiger partial charge in [-0.25, -0.2) is 0 Å². The van der Waals surface area contributed by atoms with Crippen molar-refractivity contribution in [1.29, 1.82) is 0 Å². The predicted molar refractivity (Wildman–Crippen MR) is 71.9 cm³/mol. The minimum Gasteiger partial charge on any atom is -0.118 e. The molecule has 0 aromatic heterocycles. The van der Waals surface area contributed by atoms with Crippen LogP contribution < -0.4 is 0 Å². The van der Waals surface area contributed by atoms with Crippen molar-refractivity contribution in [3.63, 3.8) is 0 Å². The van der Waals surface area contributed by atoms with Crippen molar-refractivity contribution >= 4 is 11.8 Å². The van der Waals surface area contributed by atoms with Gasteiger partial charge in [0.1, 0.15) is 0 Å². The van der Waals surface area contributed by atoms with E-state index in [1.807, 2.05) is 11.8 Å². The molecule has 0 aliphatic heterocycles. The molecule has 0 radical (unpaired) electrons. The van der Waals surface area contributed by atoms with Gasteiger partial charge in [-0.05, 0) is 31.0 Å². The largest absolute Gasteiger partial charge is 0.118 e. The first-order chi connectivity index (χ1) is 7.77. The molecular formula is C15H16S. The monoisotopic (exact) mass is 228 g/mol. The third kappa shape index (κ3) is 2.67. The van der Waals surface area contributed by atoms with Crippen LogP contribution in [0, 0.1) is 6.92 Å². The molecule has 0 aliphatic rings. The van der Waals surface area contributed by atoms with Gasteiger partial charge in [0.2, 0.25) is 0 Å². The molecule has 0 amide bonds. The average Bonchev–Trinajstić information content (AvgIpc) is 2.33. The van der Waals surface area contributed by atoms with Crippen LogP contribution in [-0.4, -0.2) is 0 Å². The van der Waals surface area contributed by atoms with Gasteiger partial charge in [-0.2, -0.15) is 0 Å². The number of rotatable bonds is 3. The second kappa shape index (κ2) is 5.22. The lowest BCUT2D eigenvalue weighted by Crippen LogP contribution is -1.88. The van der Waals surface area contributed by atoms with Gasteiger partial charge >= 0.3 is 0 Å². The summed E-state index contributed by atoms with van der Waals surface area (Å²) in [6.45, 7) is 4.42. The van der Waals surface area contributed by atoms with Crippen molar-refractivity contribution < 1.29 is 0 Å². The van der Waals surface area contributed by atoms with E-state index in [1.54, 1.807) is 0 Å². The third-order valence-corrected chi connectivity index (χ3v) is 4.00. The van der Waals surface area contributed by atoms with E-state index < -0.39 is 0 Å². The molecule has 2 aromatic rings. The van der Waals surface area contributed by atoms with Crippen LogP contribution in [0.4, 0.5) is 0 Å². The summed E-state index contributed by atoms with van der Waals surface area (Å²) in [4.78, 5) is 1.37. The van der Waals surface area contributed by atoms with Crippen LogP contribution in [0.5, 0.6) is 0 Å². The molecule has 2 rings (SSSR count). The molecule has 1 atom stereocenters. The summed E-state index contributed by atoms with van der Waals surface area (Å²) in [5, 5.41) is 0.502. The van der Waals surface area contributed by atoms with Crippen molar-refractivity contribution in [3.05, 3.63) is 65.7 Å². The highest BCUT2D eigenvalue weighted by atomic mass is 32.2. The highest BCUT2D eigenvalue weighted by molar-refractivity contribution is 7.99. The van der Waals surface area contributed by atoms with Crippen LogP contribution in [-0.2, 0) is 0 Å². The molecule has 0 fully saturated rings. The van der Waals surface area contributed by atoms with Crippen LogP contribution in [0.3, 0.4) is 0 Å². The Hall–Kier alpha value is -1.21. The van der Waals surface area contributed by atoms with E-state index >= 15 is 0 Å². The lowest BCUT2D eigenvalue weighted by Gasteiger charge is -2.13. The summed E-state index contributed by atoms with van der Waals surface area (Å²) in [6.07, 6.45) is 0. The quantitative estimate of drug-likeness (QED) is 0.677. The van der Waals surface area contributed by atoms with Crippen molar-refractivity contribution in [2.24, 2.45) is 0 Å². The fourth-order valence-electron chi connectivity index (χ4n) is 1.67. The number of thioether (sulfide) groups is 1. The van der Waals surface area contributed by atoms with E-state index in [1.165, 1.54) is 16.0 Å². The smallest absolute Gasteiger partial charge is 0.0316 e.